The number of carbonyl (C=O) groups is 2. The molecule has 2 aromatic rings. The van der Waals surface area contributed by atoms with E-state index >= 15 is 0 Å². The molecule has 2 rings (SSSR count). The molecular weight excluding hydrogens is 750 g/mol. The van der Waals surface area contributed by atoms with Crippen molar-refractivity contribution in [1.82, 2.24) is 0 Å². The highest BCUT2D eigenvalue weighted by Crippen LogP contribution is 2.49. The number of hydrogen-bond acceptors (Lipinski definition) is 6. The van der Waals surface area contributed by atoms with E-state index in [1.165, 1.54) is 14.2 Å². The minimum Gasteiger partial charge on any atom is -0.492 e. The van der Waals surface area contributed by atoms with Gasteiger partial charge in [-0.1, -0.05) is 0 Å². The maximum absolute atomic E-state index is 12.3. The van der Waals surface area contributed by atoms with E-state index in [0.717, 1.165) is 18.3 Å². The Kier molecular flexibility index (Phi) is 9.68. The van der Waals surface area contributed by atoms with Crippen LogP contribution in [0.4, 0.5) is 0 Å². The van der Waals surface area contributed by atoms with Gasteiger partial charge >= 0.3 is 11.9 Å². The molecule has 6 nitrogen and oxygen atoms in total. The van der Waals surface area contributed by atoms with Crippen LogP contribution in [0.15, 0.2) is 21.1 Å². The first-order valence-electron chi connectivity index (χ1n) is 8.69. The van der Waals surface area contributed by atoms with Crippen LogP contribution in [0.5, 0.6) is 11.5 Å². The van der Waals surface area contributed by atoms with Gasteiger partial charge in [0.05, 0.1) is 36.4 Å². The Labute approximate surface area is 218 Å². The van der Waals surface area contributed by atoms with Gasteiger partial charge in [-0.15, -0.1) is 0 Å². The van der Waals surface area contributed by atoms with Crippen LogP contribution in [0.3, 0.4) is 0 Å². The van der Waals surface area contributed by atoms with Gasteiger partial charge in [-0.25, -0.2) is 9.59 Å². The molecule has 0 aliphatic heterocycles. The zero-order chi connectivity index (χ0) is 22.6. The Balaban J connectivity index is 2.90. The van der Waals surface area contributed by atoms with Crippen molar-refractivity contribution < 1.29 is 28.5 Å². The molecule has 0 saturated carbocycles. The minimum absolute atomic E-state index is 0.321. The lowest BCUT2D eigenvalue weighted by Crippen LogP contribution is -2.10. The fourth-order valence-corrected chi connectivity index (χ4v) is 6.68. The van der Waals surface area contributed by atoms with Gasteiger partial charge in [-0.2, -0.15) is 0 Å². The zero-order valence-corrected chi connectivity index (χ0v) is 24.0. The van der Waals surface area contributed by atoms with Gasteiger partial charge in [0.25, 0.3) is 0 Å². The number of rotatable bonds is 7. The summed E-state index contributed by atoms with van der Waals surface area (Å²) < 4.78 is 24.1. The standard InChI is InChI=1S/C20H18Br2I2O6/c1-5-29-17-9(19(25)27-3)7-11(23)13(15(17)21)14-12(24)8-10(20(26)28-4)18(16(14)22)30-6-2/h7-8H,5-6H2,1-4H3. The monoisotopic (exact) mass is 766 g/mol. The quantitative estimate of drug-likeness (QED) is 0.238. The highest BCUT2D eigenvalue weighted by Gasteiger charge is 2.28. The molecule has 0 unspecified atom stereocenters. The zero-order valence-electron chi connectivity index (χ0n) is 16.5. The summed E-state index contributed by atoms with van der Waals surface area (Å²) >= 11 is 11.5. The van der Waals surface area contributed by atoms with E-state index in [9.17, 15) is 9.59 Å². The molecule has 0 fully saturated rings. The van der Waals surface area contributed by atoms with Crippen LogP contribution >= 0.6 is 77.0 Å². The van der Waals surface area contributed by atoms with E-state index in [-0.39, 0.29) is 0 Å². The Bertz CT molecular complexity index is 915. The molecule has 0 N–H and O–H groups in total. The first-order chi connectivity index (χ1) is 14.2. The molecule has 162 valence electrons. The summed E-state index contributed by atoms with van der Waals surface area (Å²) in [6, 6.07) is 3.43. The van der Waals surface area contributed by atoms with Crippen LogP contribution in [0.2, 0.25) is 0 Å². The van der Waals surface area contributed by atoms with Crippen molar-refractivity contribution in [2.75, 3.05) is 27.4 Å². The predicted octanol–water partition coefficient (Wildman–Crippen LogP) is 6.46. The molecule has 0 atom stereocenters. The molecule has 2 aromatic carbocycles. The summed E-state index contributed by atoms with van der Waals surface area (Å²) in [5.74, 6) is -0.211. The summed E-state index contributed by atoms with van der Waals surface area (Å²) in [5, 5.41) is 0. The van der Waals surface area contributed by atoms with E-state index in [0.29, 0.717) is 44.8 Å². The average molecular weight is 768 g/mol. The van der Waals surface area contributed by atoms with Crippen LogP contribution in [-0.2, 0) is 9.47 Å². The molecule has 0 heterocycles. The molecule has 0 spiro atoms. The van der Waals surface area contributed by atoms with Crippen LogP contribution in [0, 0.1) is 7.14 Å². The van der Waals surface area contributed by atoms with Crippen molar-refractivity contribution in [3.05, 3.63) is 39.3 Å². The molecule has 0 saturated heterocycles. The van der Waals surface area contributed by atoms with Crippen molar-refractivity contribution in [1.29, 1.82) is 0 Å². The second-order valence-electron chi connectivity index (χ2n) is 5.70. The first-order valence-corrected chi connectivity index (χ1v) is 12.4. The Morgan fingerprint density at radius 3 is 1.40 bits per heavy atom. The summed E-state index contributed by atoms with van der Waals surface area (Å²) in [5.41, 5.74) is 2.23. The summed E-state index contributed by atoms with van der Waals surface area (Å²) in [6.07, 6.45) is 0. The molecule has 0 aromatic heterocycles. The largest absolute Gasteiger partial charge is 0.492 e. The number of carbonyl (C=O) groups excluding carboxylic acids is 2. The van der Waals surface area contributed by atoms with Gasteiger partial charge in [0, 0.05) is 18.3 Å². The van der Waals surface area contributed by atoms with E-state index in [4.69, 9.17) is 18.9 Å². The van der Waals surface area contributed by atoms with Crippen molar-refractivity contribution >= 4 is 89.0 Å². The third-order valence-electron chi connectivity index (χ3n) is 3.98. The number of methoxy groups -OCH3 is 2. The van der Waals surface area contributed by atoms with Crippen molar-refractivity contribution in [2.24, 2.45) is 0 Å². The van der Waals surface area contributed by atoms with E-state index in [2.05, 4.69) is 77.0 Å². The Hall–Kier alpha value is -0.600. The number of hydrogen-bond donors (Lipinski definition) is 0. The molecule has 0 bridgehead atoms. The number of esters is 2. The lowest BCUT2D eigenvalue weighted by molar-refractivity contribution is 0.0586. The summed E-state index contributed by atoms with van der Waals surface area (Å²) in [4.78, 5) is 24.6. The number of benzene rings is 2. The van der Waals surface area contributed by atoms with Crippen molar-refractivity contribution in [3.8, 4) is 22.6 Å². The van der Waals surface area contributed by atoms with Crippen LogP contribution < -0.4 is 9.47 Å². The van der Waals surface area contributed by atoms with Crippen LogP contribution in [-0.4, -0.2) is 39.4 Å². The number of ether oxygens (including phenoxy) is 4. The van der Waals surface area contributed by atoms with E-state index in [1.54, 1.807) is 12.1 Å². The molecule has 30 heavy (non-hydrogen) atoms. The molecular formula is C20H18Br2I2O6. The Morgan fingerprint density at radius 1 is 0.800 bits per heavy atom. The van der Waals surface area contributed by atoms with Gasteiger partial charge in [0.1, 0.15) is 22.6 Å². The minimum atomic E-state index is -0.492. The normalized spacial score (nSPS) is 10.5. The van der Waals surface area contributed by atoms with Gasteiger partial charge in [-0.3, -0.25) is 0 Å². The second-order valence-corrected chi connectivity index (χ2v) is 9.61. The fourth-order valence-electron chi connectivity index (χ4n) is 2.75. The SMILES string of the molecule is CCOc1c(C(=O)OC)cc(I)c(-c2c(I)cc(C(=O)OC)c(OCC)c2Br)c1Br. The van der Waals surface area contributed by atoms with Crippen LogP contribution in [0.25, 0.3) is 11.1 Å². The highest BCUT2D eigenvalue weighted by molar-refractivity contribution is 14.1. The molecule has 10 heteroatoms. The first kappa shape index (κ1) is 25.7. The topological polar surface area (TPSA) is 71.1 Å². The Morgan fingerprint density at radius 2 is 1.13 bits per heavy atom. The van der Waals surface area contributed by atoms with Crippen molar-refractivity contribution in [2.45, 2.75) is 13.8 Å². The van der Waals surface area contributed by atoms with E-state index in [1.807, 2.05) is 13.8 Å². The third-order valence-corrected chi connectivity index (χ3v) is 7.20. The second kappa shape index (κ2) is 11.3. The lowest BCUT2D eigenvalue weighted by Gasteiger charge is -2.20. The summed E-state index contributed by atoms with van der Waals surface area (Å²) in [7, 11) is 2.65. The highest BCUT2D eigenvalue weighted by atomic mass is 127. The predicted molar refractivity (Wildman–Crippen MR) is 138 cm³/mol. The van der Waals surface area contributed by atoms with Gasteiger partial charge in [0.2, 0.25) is 0 Å². The third kappa shape index (κ3) is 5.07. The maximum atomic E-state index is 12.3. The average Bonchev–Trinajstić information content (AvgIpc) is 2.72. The molecule has 0 aliphatic rings. The summed E-state index contributed by atoms with van der Waals surface area (Å²) in [6.45, 7) is 4.41. The van der Waals surface area contributed by atoms with E-state index < -0.39 is 11.9 Å². The van der Waals surface area contributed by atoms with Gasteiger partial charge < -0.3 is 18.9 Å². The van der Waals surface area contributed by atoms with Crippen LogP contribution in [0.1, 0.15) is 34.6 Å². The fraction of sp³-hybridized carbons (Fsp3) is 0.300. The lowest BCUT2D eigenvalue weighted by atomic mass is 10.0. The smallest absolute Gasteiger partial charge is 0.341 e. The van der Waals surface area contributed by atoms with Gasteiger partial charge in [-0.05, 0) is 103 Å². The molecule has 0 aliphatic carbocycles. The number of halogens is 4. The maximum Gasteiger partial charge on any atom is 0.341 e. The molecule has 0 amide bonds. The van der Waals surface area contributed by atoms with Crippen molar-refractivity contribution in [3.63, 3.8) is 0 Å². The molecule has 0 radical (unpaired) electrons. The van der Waals surface area contributed by atoms with Gasteiger partial charge in [0.15, 0.2) is 0 Å².